The average molecular weight is 801 g/mol. The summed E-state index contributed by atoms with van der Waals surface area (Å²) >= 11 is 0. The molecule has 2 nitrogen and oxygen atoms in total. The minimum Gasteiger partial charge on any atom is -0.228 e. The third-order valence-corrected chi connectivity index (χ3v) is 13.0. The fourth-order valence-corrected chi connectivity index (χ4v) is 10.0. The predicted molar refractivity (Wildman–Crippen MR) is 262 cm³/mol. The van der Waals surface area contributed by atoms with Crippen molar-refractivity contribution in [2.24, 2.45) is 0 Å². The van der Waals surface area contributed by atoms with Gasteiger partial charge in [0.1, 0.15) is 0 Å². The van der Waals surface area contributed by atoms with E-state index in [1.54, 1.807) is 0 Å². The highest BCUT2D eigenvalue weighted by Gasteiger charge is 2.46. The van der Waals surface area contributed by atoms with Gasteiger partial charge in [0.2, 0.25) is 0 Å². The number of fused-ring (bicyclic) bond motifs is 5. The first kappa shape index (κ1) is 36.6. The van der Waals surface area contributed by atoms with Crippen LogP contribution in [-0.4, -0.2) is 9.97 Å². The zero-order chi connectivity index (χ0) is 41.7. The van der Waals surface area contributed by atoms with E-state index in [1.807, 2.05) is 12.1 Å². The minimum atomic E-state index is -0.520. The average Bonchev–Trinajstić information content (AvgIpc) is 3.65. The maximum atomic E-state index is 5.32. The van der Waals surface area contributed by atoms with Crippen LogP contribution in [-0.2, 0) is 5.41 Å². The lowest BCUT2D eigenvalue weighted by atomic mass is 9.67. The van der Waals surface area contributed by atoms with Crippen LogP contribution in [0.5, 0.6) is 0 Å². The fourth-order valence-electron chi connectivity index (χ4n) is 10.0. The topological polar surface area (TPSA) is 25.8 Å². The van der Waals surface area contributed by atoms with Crippen molar-refractivity contribution in [2.75, 3.05) is 0 Å². The van der Waals surface area contributed by atoms with Crippen LogP contribution in [0.1, 0.15) is 22.3 Å². The fraction of sp³-hybridized carbons (Fsp3) is 0.0164. The lowest BCUT2D eigenvalue weighted by Gasteiger charge is -2.34. The Kier molecular flexibility index (Phi) is 8.76. The highest BCUT2D eigenvalue weighted by molar-refractivity contribution is 6.06. The lowest BCUT2D eigenvalue weighted by Crippen LogP contribution is -2.28. The van der Waals surface area contributed by atoms with Gasteiger partial charge in [0.25, 0.3) is 0 Å². The summed E-state index contributed by atoms with van der Waals surface area (Å²) in [5, 5.41) is 4.81. The molecule has 0 aliphatic heterocycles. The van der Waals surface area contributed by atoms with E-state index in [2.05, 4.69) is 231 Å². The third-order valence-electron chi connectivity index (χ3n) is 13.0. The third kappa shape index (κ3) is 6.10. The molecule has 0 atom stereocenters. The summed E-state index contributed by atoms with van der Waals surface area (Å²) in [6.07, 6.45) is 0. The van der Waals surface area contributed by atoms with E-state index in [-0.39, 0.29) is 0 Å². The van der Waals surface area contributed by atoms with Crippen molar-refractivity contribution in [1.29, 1.82) is 0 Å². The molecular formula is C61H40N2. The SMILES string of the molecule is c1ccc(-c2ccc(-c3nc(-c4ccccc4)cc(-c4ccc(-c5ccc6c(c5)C(c5ccccc5)(c5ccccc5)c5cc7ccccc7cc5-6)c5ccccc45)n3)cc2)cc1. The number of hydrogen-bond acceptors (Lipinski definition) is 2. The van der Waals surface area contributed by atoms with E-state index in [1.165, 1.54) is 66.2 Å². The van der Waals surface area contributed by atoms with Crippen LogP contribution in [0.2, 0.25) is 0 Å². The molecule has 0 N–H and O–H groups in total. The standard InChI is InChI=1S/C61H40N2/c1-5-17-41(18-6-1)42-29-31-44(32-30-42)60-62-58(43-19-7-2-8-20-43)40-59(63-60)54-36-35-50(51-27-15-16-28-52(51)54)47-33-34-53-55-37-45-21-13-14-22-46(45)38-57(55)61(56(53)39-47,48-23-9-3-10-24-48)49-25-11-4-12-26-49/h1-40H. The molecule has 1 heterocycles. The number of rotatable bonds is 7. The lowest BCUT2D eigenvalue weighted by molar-refractivity contribution is 0.770. The van der Waals surface area contributed by atoms with Crippen LogP contribution in [0.3, 0.4) is 0 Å². The Balaban J connectivity index is 1.04. The van der Waals surface area contributed by atoms with E-state index >= 15 is 0 Å². The van der Waals surface area contributed by atoms with Gasteiger partial charge >= 0.3 is 0 Å². The van der Waals surface area contributed by atoms with Gasteiger partial charge in [0.15, 0.2) is 5.82 Å². The smallest absolute Gasteiger partial charge is 0.160 e. The van der Waals surface area contributed by atoms with Gasteiger partial charge in [0.05, 0.1) is 16.8 Å². The van der Waals surface area contributed by atoms with Crippen molar-refractivity contribution < 1.29 is 0 Å². The molecule has 0 fully saturated rings. The quantitative estimate of drug-likeness (QED) is 0.160. The first-order valence-corrected chi connectivity index (χ1v) is 21.6. The van der Waals surface area contributed by atoms with E-state index in [0.717, 1.165) is 39.0 Å². The summed E-state index contributed by atoms with van der Waals surface area (Å²) in [4.78, 5) is 10.5. The molecule has 1 aromatic heterocycles. The van der Waals surface area contributed by atoms with E-state index < -0.39 is 5.41 Å². The predicted octanol–water partition coefficient (Wildman–Crippen LogP) is 15.5. The molecule has 0 bridgehead atoms. The Morgan fingerprint density at radius 3 is 1.40 bits per heavy atom. The van der Waals surface area contributed by atoms with Gasteiger partial charge in [0, 0.05) is 16.7 Å². The maximum absolute atomic E-state index is 5.32. The highest BCUT2D eigenvalue weighted by atomic mass is 14.9. The summed E-state index contributed by atoms with van der Waals surface area (Å²) in [6, 6.07) is 87.9. The summed E-state index contributed by atoms with van der Waals surface area (Å²) in [5.74, 6) is 0.697. The van der Waals surface area contributed by atoms with Gasteiger partial charge in [-0.1, -0.05) is 218 Å². The minimum absolute atomic E-state index is 0.520. The monoisotopic (exact) mass is 800 g/mol. The first-order valence-electron chi connectivity index (χ1n) is 21.6. The summed E-state index contributed by atoms with van der Waals surface area (Å²) in [5.41, 5.74) is 16.7. The second-order valence-electron chi connectivity index (χ2n) is 16.5. The molecule has 1 aliphatic rings. The summed E-state index contributed by atoms with van der Waals surface area (Å²) in [6.45, 7) is 0. The summed E-state index contributed by atoms with van der Waals surface area (Å²) in [7, 11) is 0. The second-order valence-corrected chi connectivity index (χ2v) is 16.5. The Labute approximate surface area is 367 Å². The molecule has 0 spiro atoms. The molecule has 0 saturated heterocycles. The van der Waals surface area contributed by atoms with Crippen LogP contribution in [0.25, 0.3) is 88.8 Å². The van der Waals surface area contributed by atoms with Gasteiger partial charge < -0.3 is 0 Å². The molecule has 11 aromatic rings. The maximum Gasteiger partial charge on any atom is 0.160 e. The van der Waals surface area contributed by atoms with Crippen molar-refractivity contribution in [1.82, 2.24) is 9.97 Å². The normalized spacial score (nSPS) is 12.6. The molecule has 63 heavy (non-hydrogen) atoms. The number of aromatic nitrogens is 2. The first-order chi connectivity index (χ1) is 31.2. The number of benzene rings is 10. The largest absolute Gasteiger partial charge is 0.228 e. The van der Waals surface area contributed by atoms with Crippen LogP contribution >= 0.6 is 0 Å². The van der Waals surface area contributed by atoms with Crippen molar-refractivity contribution in [2.45, 2.75) is 5.41 Å². The zero-order valence-corrected chi connectivity index (χ0v) is 34.5. The van der Waals surface area contributed by atoms with E-state index in [0.29, 0.717) is 5.82 Å². The Bertz CT molecular complexity index is 3430. The van der Waals surface area contributed by atoms with Crippen molar-refractivity contribution >= 4 is 21.5 Å². The molecule has 2 heteroatoms. The number of hydrogen-bond donors (Lipinski definition) is 0. The van der Waals surface area contributed by atoms with Crippen molar-refractivity contribution in [3.05, 3.63) is 265 Å². The van der Waals surface area contributed by atoms with E-state index in [9.17, 15) is 0 Å². The van der Waals surface area contributed by atoms with E-state index in [4.69, 9.17) is 9.97 Å². The van der Waals surface area contributed by atoms with Crippen LogP contribution in [0, 0.1) is 0 Å². The molecule has 10 aromatic carbocycles. The van der Waals surface area contributed by atoms with Gasteiger partial charge in [-0.05, 0) is 101 Å². The van der Waals surface area contributed by atoms with Crippen molar-refractivity contribution in [3.8, 4) is 67.3 Å². The van der Waals surface area contributed by atoms with Crippen LogP contribution < -0.4 is 0 Å². The van der Waals surface area contributed by atoms with Gasteiger partial charge in [-0.25, -0.2) is 9.97 Å². The van der Waals surface area contributed by atoms with Gasteiger partial charge in [-0.3, -0.25) is 0 Å². The van der Waals surface area contributed by atoms with Crippen molar-refractivity contribution in [3.63, 3.8) is 0 Å². The van der Waals surface area contributed by atoms with Crippen LogP contribution in [0.15, 0.2) is 243 Å². The second kappa shape index (κ2) is 15.1. The zero-order valence-electron chi connectivity index (χ0n) is 34.5. The number of nitrogens with zero attached hydrogens (tertiary/aromatic N) is 2. The Morgan fingerprint density at radius 2 is 0.730 bits per heavy atom. The molecule has 12 rings (SSSR count). The molecular weight excluding hydrogens is 761 g/mol. The highest BCUT2D eigenvalue weighted by Crippen LogP contribution is 2.57. The Hall–Kier alpha value is -8.20. The molecule has 0 radical (unpaired) electrons. The van der Waals surface area contributed by atoms with Crippen LogP contribution in [0.4, 0.5) is 0 Å². The molecule has 0 unspecified atom stereocenters. The molecule has 1 aliphatic carbocycles. The molecule has 0 amide bonds. The van der Waals surface area contributed by atoms with Gasteiger partial charge in [-0.2, -0.15) is 0 Å². The summed E-state index contributed by atoms with van der Waals surface area (Å²) < 4.78 is 0. The van der Waals surface area contributed by atoms with Gasteiger partial charge in [-0.15, -0.1) is 0 Å². The Morgan fingerprint density at radius 1 is 0.270 bits per heavy atom. The molecule has 294 valence electrons. The molecule has 0 saturated carbocycles.